The highest BCUT2D eigenvalue weighted by Gasteiger charge is 2.24. The van der Waals surface area contributed by atoms with Crippen LogP contribution in [0.4, 0.5) is 0 Å². The number of methoxy groups -OCH3 is 2. The summed E-state index contributed by atoms with van der Waals surface area (Å²) in [6, 6.07) is 1.59. The van der Waals surface area contributed by atoms with Gasteiger partial charge in [0, 0.05) is 17.1 Å². The van der Waals surface area contributed by atoms with E-state index >= 15 is 0 Å². The van der Waals surface area contributed by atoms with Crippen molar-refractivity contribution in [3.63, 3.8) is 0 Å². The number of carbonyl (C=O) groups excluding carboxylic acids is 2. The fourth-order valence-corrected chi connectivity index (χ4v) is 2.38. The van der Waals surface area contributed by atoms with Crippen molar-refractivity contribution in [3.05, 3.63) is 23.3 Å². The van der Waals surface area contributed by atoms with Crippen LogP contribution >= 0.6 is 0 Å². The molecule has 0 aliphatic carbocycles. The smallest absolute Gasteiger partial charge is 0.203 e. The van der Waals surface area contributed by atoms with Gasteiger partial charge in [-0.25, -0.2) is 0 Å². The van der Waals surface area contributed by atoms with Gasteiger partial charge in [-0.3, -0.25) is 4.79 Å². The molecule has 0 amide bonds. The first-order chi connectivity index (χ1) is 10.6. The Labute approximate surface area is 128 Å². The van der Waals surface area contributed by atoms with Gasteiger partial charge >= 0.3 is 0 Å². The average Bonchev–Trinajstić information content (AvgIpc) is 2.52. The number of hydrogen-bond acceptors (Lipinski definition) is 6. The van der Waals surface area contributed by atoms with Gasteiger partial charge in [0.2, 0.25) is 5.75 Å². The third kappa shape index (κ3) is 3.21. The maximum Gasteiger partial charge on any atom is 0.203 e. The van der Waals surface area contributed by atoms with Gasteiger partial charge in [-0.15, -0.1) is 0 Å². The molecule has 0 saturated heterocycles. The largest absolute Gasteiger partial charge is 0.550 e. The lowest BCUT2D eigenvalue weighted by Gasteiger charge is -2.25. The second-order valence-electron chi connectivity index (χ2n) is 4.84. The van der Waals surface area contributed by atoms with Crippen molar-refractivity contribution in [2.45, 2.75) is 25.4 Å². The minimum absolute atomic E-state index is 0.0185. The van der Waals surface area contributed by atoms with Crippen LogP contribution < -0.4 is 19.3 Å². The molecule has 1 heterocycles. The van der Waals surface area contributed by atoms with Crippen LogP contribution in [0.25, 0.3) is 6.08 Å². The van der Waals surface area contributed by atoms with Crippen LogP contribution in [0.15, 0.2) is 12.1 Å². The highest BCUT2D eigenvalue weighted by atomic mass is 16.5. The molecular weight excluding hydrogens is 288 g/mol. The van der Waals surface area contributed by atoms with E-state index in [1.807, 2.05) is 0 Å². The van der Waals surface area contributed by atoms with Gasteiger partial charge < -0.3 is 24.1 Å². The van der Waals surface area contributed by atoms with Crippen LogP contribution in [0, 0.1) is 0 Å². The molecule has 0 fully saturated rings. The topological polar surface area (TPSA) is 84.9 Å². The normalized spacial score (nSPS) is 15.6. The molecule has 1 unspecified atom stereocenters. The summed E-state index contributed by atoms with van der Waals surface area (Å²) in [4.78, 5) is 21.7. The highest BCUT2D eigenvalue weighted by molar-refractivity contribution is 5.87. The van der Waals surface area contributed by atoms with E-state index in [2.05, 4.69) is 0 Å². The van der Waals surface area contributed by atoms with Gasteiger partial charge in [-0.2, -0.15) is 0 Å². The van der Waals surface area contributed by atoms with Crippen molar-refractivity contribution in [2.24, 2.45) is 0 Å². The molecule has 6 heteroatoms. The van der Waals surface area contributed by atoms with E-state index in [4.69, 9.17) is 14.2 Å². The fraction of sp³-hybridized carbons (Fsp3) is 0.375. The first-order valence-corrected chi connectivity index (χ1v) is 6.89. The Balaban J connectivity index is 2.29. The molecular formula is C16H17O6-. The summed E-state index contributed by atoms with van der Waals surface area (Å²) >= 11 is 0. The SMILES string of the molecule is COc1cc(C=O)c2c(c1OC)OC(CCCC(=O)[O-])C=C2. The van der Waals surface area contributed by atoms with E-state index in [1.54, 1.807) is 18.2 Å². The molecule has 0 spiro atoms. The molecule has 1 aromatic rings. The van der Waals surface area contributed by atoms with Gasteiger partial charge in [0.1, 0.15) is 6.10 Å². The Bertz CT molecular complexity index is 605. The first-order valence-electron chi connectivity index (χ1n) is 6.89. The zero-order valence-electron chi connectivity index (χ0n) is 12.5. The van der Waals surface area contributed by atoms with E-state index < -0.39 is 5.97 Å². The minimum atomic E-state index is -1.08. The summed E-state index contributed by atoms with van der Waals surface area (Å²) in [5, 5.41) is 10.5. The maximum atomic E-state index is 11.2. The number of hydrogen-bond donors (Lipinski definition) is 0. The summed E-state index contributed by atoms with van der Waals surface area (Å²) < 4.78 is 16.4. The van der Waals surface area contributed by atoms with Crippen molar-refractivity contribution in [2.75, 3.05) is 14.2 Å². The number of rotatable bonds is 7. The zero-order valence-corrected chi connectivity index (χ0v) is 12.5. The third-order valence-electron chi connectivity index (χ3n) is 3.44. The van der Waals surface area contributed by atoms with E-state index in [0.717, 1.165) is 6.29 Å². The van der Waals surface area contributed by atoms with Crippen molar-refractivity contribution in [1.82, 2.24) is 0 Å². The van der Waals surface area contributed by atoms with Crippen LogP contribution in [0.2, 0.25) is 0 Å². The second kappa shape index (κ2) is 6.98. The number of benzene rings is 1. The summed E-state index contributed by atoms with van der Waals surface area (Å²) in [6.07, 6.45) is 4.98. The number of carboxylic acid groups (broad SMARTS) is 1. The van der Waals surface area contributed by atoms with Gasteiger partial charge in [0.05, 0.1) is 14.2 Å². The molecule has 118 valence electrons. The lowest BCUT2D eigenvalue weighted by atomic mass is 10.0. The standard InChI is InChI=1S/C16H18O6/c1-20-13-8-10(9-17)12-7-6-11(4-3-5-14(18)19)22-15(12)16(13)21-2/h6-9,11H,3-5H2,1-2H3,(H,18,19)/p-1. The molecule has 1 aliphatic rings. The van der Waals surface area contributed by atoms with E-state index in [1.165, 1.54) is 14.2 Å². The van der Waals surface area contributed by atoms with Crippen molar-refractivity contribution in [1.29, 1.82) is 0 Å². The molecule has 0 aromatic heterocycles. The van der Waals surface area contributed by atoms with Crippen LogP contribution in [0.5, 0.6) is 17.2 Å². The molecule has 6 nitrogen and oxygen atoms in total. The predicted octanol–water partition coefficient (Wildman–Crippen LogP) is 1.21. The van der Waals surface area contributed by atoms with Crippen LogP contribution in [0.1, 0.15) is 35.2 Å². The van der Waals surface area contributed by atoms with Gasteiger partial charge in [-0.05, 0) is 31.4 Å². The summed E-state index contributed by atoms with van der Waals surface area (Å²) in [5.41, 5.74) is 1.07. The average molecular weight is 305 g/mol. The molecule has 0 radical (unpaired) electrons. The Kier molecular flexibility index (Phi) is 5.04. The highest BCUT2D eigenvalue weighted by Crippen LogP contribution is 2.44. The van der Waals surface area contributed by atoms with Crippen LogP contribution in [-0.2, 0) is 4.79 Å². The summed E-state index contributed by atoms with van der Waals surface area (Å²) in [5.74, 6) is 0.178. The van der Waals surface area contributed by atoms with Gasteiger partial charge in [0.15, 0.2) is 17.8 Å². The summed E-state index contributed by atoms with van der Waals surface area (Å²) in [6.45, 7) is 0. The van der Waals surface area contributed by atoms with Gasteiger partial charge in [0.25, 0.3) is 0 Å². The van der Waals surface area contributed by atoms with Crippen LogP contribution in [0.3, 0.4) is 0 Å². The molecule has 22 heavy (non-hydrogen) atoms. The Hall–Kier alpha value is -2.50. The molecule has 2 rings (SSSR count). The fourth-order valence-electron chi connectivity index (χ4n) is 2.38. The molecule has 1 aliphatic heterocycles. The van der Waals surface area contributed by atoms with E-state index in [9.17, 15) is 14.7 Å². The first kappa shape index (κ1) is 15.9. The van der Waals surface area contributed by atoms with Crippen LogP contribution in [-0.4, -0.2) is 32.6 Å². The molecule has 1 aromatic carbocycles. The molecule has 0 saturated carbocycles. The summed E-state index contributed by atoms with van der Waals surface area (Å²) in [7, 11) is 2.97. The number of carbonyl (C=O) groups is 2. The predicted molar refractivity (Wildman–Crippen MR) is 77.2 cm³/mol. The maximum absolute atomic E-state index is 11.2. The van der Waals surface area contributed by atoms with E-state index in [-0.39, 0.29) is 12.5 Å². The Morgan fingerprint density at radius 2 is 2.18 bits per heavy atom. The molecule has 0 N–H and O–H groups in total. The monoisotopic (exact) mass is 305 g/mol. The lowest BCUT2D eigenvalue weighted by Crippen LogP contribution is -2.23. The van der Waals surface area contributed by atoms with Crippen molar-refractivity contribution >= 4 is 18.3 Å². The number of carboxylic acids is 1. The Morgan fingerprint density at radius 3 is 2.77 bits per heavy atom. The van der Waals surface area contributed by atoms with Crippen molar-refractivity contribution < 1.29 is 28.9 Å². The second-order valence-corrected chi connectivity index (χ2v) is 4.84. The molecule has 1 atom stereocenters. The number of fused-ring (bicyclic) bond motifs is 1. The van der Waals surface area contributed by atoms with Crippen molar-refractivity contribution in [3.8, 4) is 17.2 Å². The third-order valence-corrected chi connectivity index (χ3v) is 3.44. The van der Waals surface area contributed by atoms with E-state index in [0.29, 0.717) is 41.2 Å². The quantitative estimate of drug-likeness (QED) is 0.704. The Morgan fingerprint density at radius 1 is 1.41 bits per heavy atom. The molecule has 0 bridgehead atoms. The lowest BCUT2D eigenvalue weighted by molar-refractivity contribution is -0.305. The number of aldehydes is 1. The number of ether oxygens (including phenoxy) is 3. The number of aliphatic carboxylic acids is 1. The minimum Gasteiger partial charge on any atom is -0.550 e. The zero-order chi connectivity index (χ0) is 16.1. The van der Waals surface area contributed by atoms with Gasteiger partial charge in [-0.1, -0.05) is 6.08 Å².